The Morgan fingerprint density at radius 2 is 1.83 bits per heavy atom. The fourth-order valence-corrected chi connectivity index (χ4v) is 1.42. The summed E-state index contributed by atoms with van der Waals surface area (Å²) in [5.74, 6) is -0.227. The van der Waals surface area contributed by atoms with E-state index in [1.807, 2.05) is 13.0 Å². The van der Waals surface area contributed by atoms with Crippen molar-refractivity contribution in [2.24, 2.45) is 0 Å². The number of carbonyl (C=O) groups is 1. The van der Waals surface area contributed by atoms with Crippen molar-refractivity contribution < 1.29 is 9.53 Å². The molecule has 0 spiro atoms. The predicted octanol–water partition coefficient (Wildman–Crippen LogP) is 4.58. The lowest BCUT2D eigenvalue weighted by molar-refractivity contribution is -0.137. The highest BCUT2D eigenvalue weighted by molar-refractivity contribution is 5.82. The molecule has 0 N–H and O–H groups in total. The molecule has 102 valence electrons. The molecule has 0 unspecified atom stereocenters. The van der Waals surface area contributed by atoms with Crippen LogP contribution in [0, 0.1) is 0 Å². The maximum Gasteiger partial charge on any atom is 0.330 e. The van der Waals surface area contributed by atoms with Gasteiger partial charge in [0.1, 0.15) is 0 Å². The van der Waals surface area contributed by atoms with Crippen LogP contribution in [-0.4, -0.2) is 12.6 Å². The van der Waals surface area contributed by atoms with Crippen molar-refractivity contribution in [1.82, 2.24) is 0 Å². The summed E-state index contributed by atoms with van der Waals surface area (Å²) in [5, 5.41) is 0. The molecule has 0 rings (SSSR count). The van der Waals surface area contributed by atoms with E-state index in [9.17, 15) is 4.79 Å². The van der Waals surface area contributed by atoms with Gasteiger partial charge in [-0.1, -0.05) is 36.3 Å². The highest BCUT2D eigenvalue weighted by atomic mass is 16.5. The zero-order valence-electron chi connectivity index (χ0n) is 12.2. The van der Waals surface area contributed by atoms with Crippen molar-refractivity contribution in [3.63, 3.8) is 0 Å². The van der Waals surface area contributed by atoms with E-state index in [0.717, 1.165) is 31.3 Å². The van der Waals surface area contributed by atoms with Gasteiger partial charge in [-0.2, -0.15) is 0 Å². The topological polar surface area (TPSA) is 26.3 Å². The molecule has 2 nitrogen and oxygen atoms in total. The number of ether oxygens (including phenoxy) is 1. The maximum absolute atomic E-state index is 11.4. The Labute approximate surface area is 111 Å². The van der Waals surface area contributed by atoms with Gasteiger partial charge in [0, 0.05) is 6.08 Å². The van der Waals surface area contributed by atoms with Crippen molar-refractivity contribution in [3.05, 3.63) is 35.5 Å². The van der Waals surface area contributed by atoms with Crippen LogP contribution in [0.5, 0.6) is 0 Å². The van der Waals surface area contributed by atoms with E-state index in [4.69, 9.17) is 4.74 Å². The second-order valence-electron chi connectivity index (χ2n) is 4.65. The van der Waals surface area contributed by atoms with E-state index in [1.54, 1.807) is 6.08 Å². The van der Waals surface area contributed by atoms with Crippen LogP contribution in [0.25, 0.3) is 0 Å². The summed E-state index contributed by atoms with van der Waals surface area (Å²) in [6, 6.07) is 0. The average molecular weight is 250 g/mol. The Hall–Kier alpha value is -1.31. The van der Waals surface area contributed by atoms with E-state index >= 15 is 0 Å². The fourth-order valence-electron chi connectivity index (χ4n) is 1.42. The van der Waals surface area contributed by atoms with Gasteiger partial charge in [0.25, 0.3) is 0 Å². The molecule has 0 aliphatic carbocycles. The minimum Gasteiger partial charge on any atom is -0.462 e. The lowest BCUT2D eigenvalue weighted by Crippen LogP contribution is -2.02. The average Bonchev–Trinajstić information content (AvgIpc) is 2.28. The minimum atomic E-state index is -0.227. The lowest BCUT2D eigenvalue weighted by atomic mass is 10.1. The summed E-state index contributed by atoms with van der Waals surface area (Å²) in [6.45, 7) is 8.68. The molecule has 0 radical (unpaired) electrons. The van der Waals surface area contributed by atoms with E-state index in [0.29, 0.717) is 6.61 Å². The van der Waals surface area contributed by atoms with Gasteiger partial charge < -0.3 is 4.74 Å². The van der Waals surface area contributed by atoms with Crippen molar-refractivity contribution in [1.29, 1.82) is 0 Å². The fraction of sp³-hybridized carbons (Fsp3) is 0.562. The maximum atomic E-state index is 11.4. The standard InChI is InChI=1S/C16H26O2/c1-5-6-7-8-12-18-16(17)13-15(4)11-9-10-14(2)3/h6-7,10,13H,5,8-9,11-12H2,1-4H3/b7-6+,15-13-. The zero-order chi connectivity index (χ0) is 13.8. The van der Waals surface area contributed by atoms with E-state index in [2.05, 4.69) is 32.9 Å². The number of hydrogen-bond donors (Lipinski definition) is 0. The lowest BCUT2D eigenvalue weighted by Gasteiger charge is -2.01. The van der Waals surface area contributed by atoms with Crippen LogP contribution in [0.2, 0.25) is 0 Å². The van der Waals surface area contributed by atoms with Gasteiger partial charge in [-0.15, -0.1) is 0 Å². The highest BCUT2D eigenvalue weighted by Crippen LogP contribution is 2.06. The molecule has 0 amide bonds. The summed E-state index contributed by atoms with van der Waals surface area (Å²) < 4.78 is 5.10. The van der Waals surface area contributed by atoms with Crippen LogP contribution in [0.15, 0.2) is 35.5 Å². The third kappa shape index (κ3) is 11.2. The van der Waals surface area contributed by atoms with E-state index in [-0.39, 0.29) is 5.97 Å². The number of carbonyl (C=O) groups excluding carboxylic acids is 1. The van der Waals surface area contributed by atoms with E-state index < -0.39 is 0 Å². The Balaban J connectivity index is 3.83. The third-order valence-electron chi connectivity index (χ3n) is 2.39. The SMILES string of the molecule is CC/C=C/CCOC(=O)/C=C(/C)CCC=C(C)C. The molecule has 0 aromatic rings. The van der Waals surface area contributed by atoms with Gasteiger partial charge in [-0.05, 0) is 46.5 Å². The van der Waals surface area contributed by atoms with Gasteiger partial charge in [0.05, 0.1) is 6.61 Å². The van der Waals surface area contributed by atoms with Crippen molar-refractivity contribution >= 4 is 5.97 Å². The summed E-state index contributed by atoms with van der Waals surface area (Å²) in [7, 11) is 0. The van der Waals surface area contributed by atoms with Crippen LogP contribution in [-0.2, 0) is 9.53 Å². The quantitative estimate of drug-likeness (QED) is 0.273. The summed E-state index contributed by atoms with van der Waals surface area (Å²) >= 11 is 0. The van der Waals surface area contributed by atoms with Crippen LogP contribution in [0.4, 0.5) is 0 Å². The molecule has 0 atom stereocenters. The Kier molecular flexibility index (Phi) is 10.0. The highest BCUT2D eigenvalue weighted by Gasteiger charge is 1.98. The third-order valence-corrected chi connectivity index (χ3v) is 2.39. The molecule has 0 saturated heterocycles. The number of hydrogen-bond acceptors (Lipinski definition) is 2. The van der Waals surface area contributed by atoms with Crippen molar-refractivity contribution in [3.8, 4) is 0 Å². The molecule has 2 heteroatoms. The second-order valence-corrected chi connectivity index (χ2v) is 4.65. The van der Waals surface area contributed by atoms with Gasteiger partial charge in [-0.25, -0.2) is 4.79 Å². The molecule has 0 saturated carbocycles. The van der Waals surface area contributed by atoms with E-state index in [1.165, 1.54) is 5.57 Å². The molecule has 0 aromatic carbocycles. The summed E-state index contributed by atoms with van der Waals surface area (Å²) in [4.78, 5) is 11.4. The predicted molar refractivity (Wildman–Crippen MR) is 77.4 cm³/mol. The Bertz CT molecular complexity index is 318. The number of rotatable bonds is 8. The first-order valence-electron chi connectivity index (χ1n) is 6.68. The first kappa shape index (κ1) is 16.7. The molecule has 18 heavy (non-hydrogen) atoms. The first-order valence-corrected chi connectivity index (χ1v) is 6.68. The molecular weight excluding hydrogens is 224 g/mol. The smallest absolute Gasteiger partial charge is 0.330 e. The summed E-state index contributed by atoms with van der Waals surface area (Å²) in [5.41, 5.74) is 2.38. The van der Waals surface area contributed by atoms with Gasteiger partial charge in [0.2, 0.25) is 0 Å². The van der Waals surface area contributed by atoms with Gasteiger partial charge in [0.15, 0.2) is 0 Å². The molecule has 0 fully saturated rings. The largest absolute Gasteiger partial charge is 0.462 e. The number of allylic oxidation sites excluding steroid dienone is 4. The van der Waals surface area contributed by atoms with Crippen LogP contribution in [0.1, 0.15) is 53.4 Å². The minimum absolute atomic E-state index is 0.227. The van der Waals surface area contributed by atoms with Crippen molar-refractivity contribution in [2.45, 2.75) is 53.4 Å². The molecule has 0 aromatic heterocycles. The molecule has 0 heterocycles. The molecule has 0 aliphatic rings. The van der Waals surface area contributed by atoms with Crippen LogP contribution >= 0.6 is 0 Å². The first-order chi connectivity index (χ1) is 8.56. The van der Waals surface area contributed by atoms with Crippen LogP contribution in [0.3, 0.4) is 0 Å². The van der Waals surface area contributed by atoms with Crippen LogP contribution < -0.4 is 0 Å². The number of esters is 1. The van der Waals surface area contributed by atoms with Crippen molar-refractivity contribution in [2.75, 3.05) is 6.61 Å². The molecule has 0 bridgehead atoms. The zero-order valence-corrected chi connectivity index (χ0v) is 12.2. The molecule has 0 aliphatic heterocycles. The second kappa shape index (κ2) is 10.8. The normalized spacial score (nSPS) is 11.7. The Morgan fingerprint density at radius 3 is 2.44 bits per heavy atom. The van der Waals surface area contributed by atoms with Gasteiger partial charge in [-0.3, -0.25) is 0 Å². The molecular formula is C16H26O2. The summed E-state index contributed by atoms with van der Waals surface area (Å²) in [6.07, 6.45) is 11.6. The van der Waals surface area contributed by atoms with Gasteiger partial charge >= 0.3 is 5.97 Å². The monoisotopic (exact) mass is 250 g/mol. The Morgan fingerprint density at radius 1 is 1.11 bits per heavy atom.